The first-order chi connectivity index (χ1) is 16.2. The topological polar surface area (TPSA) is 0 Å². The SMILES string of the molecule is CC1[C]([Zr+2][C]2=CC3=C(CCCCCCCCCC3)C2C)=CC2=C1CCCCCCCCCC2.[Cl-].[Cl-]. The molecule has 0 saturated carbocycles. The first-order valence-electron chi connectivity index (χ1n) is 14.9. The Morgan fingerprint density at radius 1 is 0.457 bits per heavy atom. The van der Waals surface area contributed by atoms with Crippen molar-refractivity contribution >= 4 is 0 Å². The average Bonchev–Trinajstić information content (AvgIpc) is 3.24. The fourth-order valence-electron chi connectivity index (χ4n) is 6.80. The number of hydrogen-bond donors (Lipinski definition) is 0. The van der Waals surface area contributed by atoms with Gasteiger partial charge in [0.1, 0.15) is 0 Å². The molecular weight excluding hydrogens is 546 g/mol. The van der Waals surface area contributed by atoms with Crippen LogP contribution in [0, 0.1) is 11.8 Å². The van der Waals surface area contributed by atoms with Crippen LogP contribution in [0.2, 0.25) is 0 Å². The Kier molecular flexibility index (Phi) is 15.5. The van der Waals surface area contributed by atoms with Crippen LogP contribution in [0.15, 0.2) is 41.0 Å². The molecule has 0 fully saturated rings. The molecule has 4 rings (SSSR count). The van der Waals surface area contributed by atoms with E-state index in [0.29, 0.717) is 0 Å². The Morgan fingerprint density at radius 3 is 1.09 bits per heavy atom. The van der Waals surface area contributed by atoms with Crippen LogP contribution in [0.25, 0.3) is 0 Å². The Hall–Kier alpha value is 0.423. The van der Waals surface area contributed by atoms with E-state index in [4.69, 9.17) is 0 Å². The summed E-state index contributed by atoms with van der Waals surface area (Å²) in [6.45, 7) is 5.15. The standard InChI is InChI=1S/2C16H25.2ClH.Zr/c2*1-14-12-13-15-10-8-6-4-2-3-5-7-9-11-16(14)15;;;/h2*13-14H,2-11H2,1H3;2*1H;/q;;;;+2/p-2. The van der Waals surface area contributed by atoms with Crippen molar-refractivity contribution < 1.29 is 48.0 Å². The van der Waals surface area contributed by atoms with Crippen molar-refractivity contribution in [2.75, 3.05) is 0 Å². The zero-order valence-corrected chi connectivity index (χ0v) is 26.7. The van der Waals surface area contributed by atoms with E-state index in [-0.39, 0.29) is 24.8 Å². The van der Waals surface area contributed by atoms with Gasteiger partial charge in [-0.3, -0.25) is 0 Å². The van der Waals surface area contributed by atoms with E-state index in [9.17, 15) is 0 Å². The van der Waals surface area contributed by atoms with Crippen molar-refractivity contribution in [2.24, 2.45) is 11.8 Å². The minimum Gasteiger partial charge on any atom is -1.00 e. The Balaban J connectivity index is 0.00000216. The normalized spacial score (nSPS) is 27.3. The third-order valence-electron chi connectivity index (χ3n) is 9.04. The maximum atomic E-state index is 2.76. The molecule has 0 bridgehead atoms. The molecule has 0 aromatic rings. The van der Waals surface area contributed by atoms with Crippen LogP contribution in [-0.4, -0.2) is 0 Å². The number of hydrogen-bond acceptors (Lipinski definition) is 0. The van der Waals surface area contributed by atoms with Gasteiger partial charge >= 0.3 is 218 Å². The molecule has 0 N–H and O–H groups in total. The molecule has 0 amide bonds. The second-order valence-electron chi connectivity index (χ2n) is 11.5. The predicted molar refractivity (Wildman–Crippen MR) is 141 cm³/mol. The molecule has 0 aliphatic heterocycles. The van der Waals surface area contributed by atoms with Gasteiger partial charge in [0, 0.05) is 0 Å². The molecule has 2 atom stereocenters. The van der Waals surface area contributed by atoms with Gasteiger partial charge < -0.3 is 24.8 Å². The molecule has 0 radical (unpaired) electrons. The smallest absolute Gasteiger partial charge is 1.00 e. The van der Waals surface area contributed by atoms with Crippen LogP contribution in [0.3, 0.4) is 0 Å². The van der Waals surface area contributed by atoms with Gasteiger partial charge in [-0.05, 0) is 0 Å². The molecule has 3 heteroatoms. The van der Waals surface area contributed by atoms with Crippen LogP contribution in [0.5, 0.6) is 0 Å². The molecule has 0 nitrogen and oxygen atoms in total. The summed E-state index contributed by atoms with van der Waals surface area (Å²) in [7, 11) is 0. The molecule has 2 unspecified atom stereocenters. The Morgan fingerprint density at radius 2 is 0.743 bits per heavy atom. The summed E-state index contributed by atoms with van der Waals surface area (Å²) < 4.78 is 3.82. The van der Waals surface area contributed by atoms with E-state index < -0.39 is 23.2 Å². The fourth-order valence-corrected chi connectivity index (χ4v) is 10.8. The summed E-state index contributed by atoms with van der Waals surface area (Å²) in [6.07, 6.45) is 34.3. The molecule has 196 valence electrons. The van der Waals surface area contributed by atoms with Gasteiger partial charge in [-0.15, -0.1) is 0 Å². The first-order valence-corrected chi connectivity index (χ1v) is 17.3. The van der Waals surface area contributed by atoms with Crippen LogP contribution in [0.4, 0.5) is 0 Å². The molecule has 35 heavy (non-hydrogen) atoms. The second-order valence-corrected chi connectivity index (χ2v) is 15.0. The van der Waals surface area contributed by atoms with Gasteiger partial charge in [0.15, 0.2) is 0 Å². The van der Waals surface area contributed by atoms with Gasteiger partial charge in [-0.1, -0.05) is 0 Å². The van der Waals surface area contributed by atoms with Crippen molar-refractivity contribution in [3.63, 3.8) is 0 Å². The maximum absolute atomic E-state index is 2.76. The molecule has 4 aliphatic carbocycles. The van der Waals surface area contributed by atoms with E-state index in [0.717, 1.165) is 11.8 Å². The molecule has 0 saturated heterocycles. The van der Waals surface area contributed by atoms with E-state index in [1.807, 2.05) is 17.7 Å². The van der Waals surface area contributed by atoms with Crippen LogP contribution < -0.4 is 24.8 Å². The zero-order chi connectivity index (χ0) is 22.9. The molecular formula is C32H50Cl2Zr. The van der Waals surface area contributed by atoms with Crippen LogP contribution in [-0.2, 0) is 23.2 Å². The summed E-state index contributed by atoms with van der Waals surface area (Å²) in [6, 6.07) is 0. The molecule has 0 aromatic heterocycles. The quantitative estimate of drug-likeness (QED) is 0.439. The fraction of sp³-hybridized carbons (Fsp3) is 0.750. The van der Waals surface area contributed by atoms with Crippen molar-refractivity contribution in [1.82, 2.24) is 0 Å². The van der Waals surface area contributed by atoms with E-state index in [2.05, 4.69) is 26.0 Å². The van der Waals surface area contributed by atoms with Crippen molar-refractivity contribution in [1.29, 1.82) is 0 Å². The van der Waals surface area contributed by atoms with Gasteiger partial charge in [0.25, 0.3) is 0 Å². The third kappa shape index (κ3) is 9.29. The maximum Gasteiger partial charge on any atom is -1.00 e. The van der Waals surface area contributed by atoms with Crippen molar-refractivity contribution in [3.05, 3.63) is 41.0 Å². The van der Waals surface area contributed by atoms with E-state index in [1.54, 1.807) is 11.1 Å². The summed E-state index contributed by atoms with van der Waals surface area (Å²) in [4.78, 5) is 0. The first kappa shape index (κ1) is 31.6. The number of allylic oxidation sites excluding steroid dienone is 8. The monoisotopic (exact) mass is 594 g/mol. The Bertz CT molecular complexity index is 708. The van der Waals surface area contributed by atoms with E-state index >= 15 is 0 Å². The van der Waals surface area contributed by atoms with Crippen molar-refractivity contribution in [2.45, 2.75) is 142 Å². The average molecular weight is 597 g/mol. The molecule has 0 aromatic carbocycles. The largest absolute Gasteiger partial charge is 1.00 e. The van der Waals surface area contributed by atoms with E-state index in [1.165, 1.54) is 128 Å². The molecule has 0 spiro atoms. The van der Waals surface area contributed by atoms with Gasteiger partial charge in [0.2, 0.25) is 0 Å². The minimum absolute atomic E-state index is 0. The zero-order valence-electron chi connectivity index (χ0n) is 22.7. The number of halogens is 2. The van der Waals surface area contributed by atoms with Gasteiger partial charge in [0.05, 0.1) is 0 Å². The van der Waals surface area contributed by atoms with Crippen LogP contribution in [0.1, 0.15) is 142 Å². The summed E-state index contributed by atoms with van der Waals surface area (Å²) >= 11 is -0.655. The van der Waals surface area contributed by atoms with Gasteiger partial charge in [-0.2, -0.15) is 0 Å². The summed E-state index contributed by atoms with van der Waals surface area (Å²) in [5, 5.41) is 0. The third-order valence-corrected chi connectivity index (χ3v) is 13.3. The predicted octanol–water partition coefficient (Wildman–Crippen LogP) is 4.57. The second kappa shape index (κ2) is 17.1. The van der Waals surface area contributed by atoms with Crippen LogP contribution >= 0.6 is 0 Å². The molecule has 4 aliphatic rings. The number of rotatable bonds is 2. The summed E-state index contributed by atoms with van der Waals surface area (Å²) in [5.41, 5.74) is 7.31. The molecule has 0 heterocycles. The summed E-state index contributed by atoms with van der Waals surface area (Å²) in [5.74, 6) is 1.54. The van der Waals surface area contributed by atoms with Gasteiger partial charge in [-0.25, -0.2) is 0 Å². The minimum atomic E-state index is -0.655. The Labute approximate surface area is 241 Å². The van der Waals surface area contributed by atoms with Crippen molar-refractivity contribution in [3.8, 4) is 0 Å².